The second-order valence-electron chi connectivity index (χ2n) is 6.67. The number of aromatic nitrogens is 1. The summed E-state index contributed by atoms with van der Waals surface area (Å²) in [5.41, 5.74) is 2.96. The minimum Gasteiger partial charge on any atom is -0.493 e. The number of benzene rings is 1. The van der Waals surface area contributed by atoms with Crippen molar-refractivity contribution in [2.45, 2.75) is 46.6 Å². The van der Waals surface area contributed by atoms with Gasteiger partial charge in [0.2, 0.25) is 0 Å². The molecule has 0 atom stereocenters. The van der Waals surface area contributed by atoms with Crippen molar-refractivity contribution in [2.24, 2.45) is 0 Å². The summed E-state index contributed by atoms with van der Waals surface area (Å²) in [7, 11) is 1.37. The average molecular weight is 456 g/mol. The summed E-state index contributed by atoms with van der Waals surface area (Å²) in [4.78, 5) is 25.5. The van der Waals surface area contributed by atoms with Crippen molar-refractivity contribution in [3.05, 3.63) is 46.3 Å². The summed E-state index contributed by atoms with van der Waals surface area (Å²) < 4.78 is 41.5. The van der Waals surface area contributed by atoms with Crippen molar-refractivity contribution >= 4 is 23.5 Å². The first-order valence-corrected chi connectivity index (χ1v) is 11.0. The van der Waals surface area contributed by atoms with Gasteiger partial charge in [0.25, 0.3) is 0 Å². The SMILES string of the molecule is CCOC(=O)c1c(C(=O)CSCc2ccc(OC(F)F)c(OC)c2)c(C)n(CC)c1C. The van der Waals surface area contributed by atoms with Crippen LogP contribution in [0.1, 0.15) is 51.5 Å². The van der Waals surface area contributed by atoms with E-state index in [1.54, 1.807) is 19.1 Å². The maximum Gasteiger partial charge on any atom is 0.387 e. The van der Waals surface area contributed by atoms with Gasteiger partial charge in [-0.25, -0.2) is 4.79 Å². The molecular weight excluding hydrogens is 428 g/mol. The van der Waals surface area contributed by atoms with Crippen LogP contribution in [-0.2, 0) is 17.0 Å². The smallest absolute Gasteiger partial charge is 0.387 e. The summed E-state index contributed by atoms with van der Waals surface area (Å²) in [5.74, 6) is 0.0961. The zero-order valence-corrected chi connectivity index (χ0v) is 19.1. The van der Waals surface area contributed by atoms with Gasteiger partial charge >= 0.3 is 12.6 Å². The van der Waals surface area contributed by atoms with E-state index in [1.165, 1.54) is 24.9 Å². The number of carbonyl (C=O) groups excluding carboxylic acids is 2. The Hall–Kier alpha value is -2.55. The number of alkyl halides is 2. The number of carbonyl (C=O) groups is 2. The van der Waals surface area contributed by atoms with Crippen LogP contribution in [0.3, 0.4) is 0 Å². The molecule has 0 N–H and O–H groups in total. The molecule has 6 nitrogen and oxygen atoms in total. The van der Waals surface area contributed by atoms with Gasteiger partial charge in [0, 0.05) is 23.7 Å². The summed E-state index contributed by atoms with van der Waals surface area (Å²) >= 11 is 1.36. The zero-order chi connectivity index (χ0) is 23.1. The van der Waals surface area contributed by atoms with Crippen molar-refractivity contribution in [1.29, 1.82) is 0 Å². The molecule has 0 spiro atoms. The van der Waals surface area contributed by atoms with Crippen LogP contribution in [0.4, 0.5) is 8.78 Å². The van der Waals surface area contributed by atoms with Gasteiger partial charge in [-0.1, -0.05) is 6.07 Å². The average Bonchev–Trinajstić information content (AvgIpc) is 2.98. The van der Waals surface area contributed by atoms with E-state index >= 15 is 0 Å². The monoisotopic (exact) mass is 455 g/mol. The normalized spacial score (nSPS) is 11.0. The topological polar surface area (TPSA) is 66.8 Å². The first-order chi connectivity index (χ1) is 14.7. The van der Waals surface area contributed by atoms with Crippen LogP contribution >= 0.6 is 11.8 Å². The summed E-state index contributed by atoms with van der Waals surface area (Å²) in [6.45, 7) is 5.22. The van der Waals surface area contributed by atoms with Crippen LogP contribution in [0.2, 0.25) is 0 Å². The molecule has 31 heavy (non-hydrogen) atoms. The van der Waals surface area contributed by atoms with Gasteiger partial charge < -0.3 is 18.8 Å². The second kappa shape index (κ2) is 11.2. The zero-order valence-electron chi connectivity index (χ0n) is 18.3. The number of Topliss-reactive ketones (excluding diaryl/α,β-unsaturated/α-hetero) is 1. The number of ether oxygens (including phenoxy) is 3. The molecule has 2 rings (SSSR count). The third kappa shape index (κ3) is 5.78. The van der Waals surface area contributed by atoms with Crippen LogP contribution < -0.4 is 9.47 Å². The van der Waals surface area contributed by atoms with Gasteiger partial charge in [0.1, 0.15) is 0 Å². The second-order valence-corrected chi connectivity index (χ2v) is 7.65. The fraction of sp³-hybridized carbons (Fsp3) is 0.455. The molecule has 0 aliphatic carbocycles. The Morgan fingerprint density at radius 2 is 1.77 bits per heavy atom. The lowest BCUT2D eigenvalue weighted by atomic mass is 10.1. The lowest BCUT2D eigenvalue weighted by Gasteiger charge is -2.11. The highest BCUT2D eigenvalue weighted by atomic mass is 32.2. The molecule has 0 bridgehead atoms. The molecule has 0 aliphatic heterocycles. The van der Waals surface area contributed by atoms with Gasteiger partial charge in [-0.3, -0.25) is 4.79 Å². The van der Waals surface area contributed by atoms with E-state index in [1.807, 2.05) is 25.3 Å². The molecule has 0 amide bonds. The summed E-state index contributed by atoms with van der Waals surface area (Å²) in [6, 6.07) is 4.66. The Morgan fingerprint density at radius 1 is 1.10 bits per heavy atom. The Balaban J connectivity index is 2.15. The minimum atomic E-state index is -2.94. The number of halogens is 2. The van der Waals surface area contributed by atoms with Crippen molar-refractivity contribution in [3.63, 3.8) is 0 Å². The van der Waals surface area contributed by atoms with E-state index in [4.69, 9.17) is 9.47 Å². The number of esters is 1. The number of thioether (sulfide) groups is 1. The molecule has 0 saturated heterocycles. The van der Waals surface area contributed by atoms with Gasteiger partial charge in [-0.2, -0.15) is 8.78 Å². The predicted molar refractivity (Wildman–Crippen MR) is 116 cm³/mol. The number of ketones is 1. The standard InChI is InChI=1S/C22H27F2NO5S/c1-6-25-13(3)19(20(14(25)4)21(27)29-7-2)16(26)12-31-11-15-8-9-17(30-22(23)24)18(10-15)28-5/h8-10,22H,6-7,11-12H2,1-5H3. The van der Waals surface area contributed by atoms with Crippen LogP contribution in [0, 0.1) is 13.8 Å². The van der Waals surface area contributed by atoms with Crippen molar-refractivity contribution in [1.82, 2.24) is 4.57 Å². The largest absolute Gasteiger partial charge is 0.493 e. The Bertz CT molecular complexity index is 942. The van der Waals surface area contributed by atoms with E-state index < -0.39 is 12.6 Å². The highest BCUT2D eigenvalue weighted by Gasteiger charge is 2.27. The van der Waals surface area contributed by atoms with E-state index in [0.29, 0.717) is 29.1 Å². The lowest BCUT2D eigenvalue weighted by molar-refractivity contribution is -0.0512. The maximum absolute atomic E-state index is 13.0. The molecule has 1 heterocycles. The minimum absolute atomic E-state index is 0.0478. The molecule has 0 aliphatic rings. The molecule has 1 aromatic carbocycles. The molecule has 9 heteroatoms. The quantitative estimate of drug-likeness (QED) is 0.350. The number of methoxy groups -OCH3 is 1. The molecule has 0 unspecified atom stereocenters. The third-order valence-corrected chi connectivity index (χ3v) is 5.81. The fourth-order valence-corrected chi connectivity index (χ4v) is 4.33. The molecular formula is C22H27F2NO5S. The molecule has 2 aromatic rings. The molecule has 170 valence electrons. The summed E-state index contributed by atoms with van der Waals surface area (Å²) in [6.07, 6.45) is 0. The highest BCUT2D eigenvalue weighted by molar-refractivity contribution is 7.99. The van der Waals surface area contributed by atoms with Gasteiger partial charge in [0.15, 0.2) is 17.3 Å². The molecule has 0 radical (unpaired) electrons. The first kappa shape index (κ1) is 24.7. The van der Waals surface area contributed by atoms with E-state index in [0.717, 1.165) is 11.3 Å². The Kier molecular flexibility index (Phi) is 8.91. The van der Waals surface area contributed by atoms with E-state index in [-0.39, 0.29) is 29.6 Å². The van der Waals surface area contributed by atoms with Gasteiger partial charge in [0.05, 0.1) is 30.6 Å². The number of nitrogens with zero attached hydrogens (tertiary/aromatic N) is 1. The van der Waals surface area contributed by atoms with Crippen molar-refractivity contribution in [2.75, 3.05) is 19.5 Å². The van der Waals surface area contributed by atoms with Crippen LogP contribution in [0.15, 0.2) is 18.2 Å². The third-order valence-electron chi connectivity index (χ3n) is 4.80. The number of hydrogen-bond acceptors (Lipinski definition) is 6. The van der Waals surface area contributed by atoms with E-state index in [9.17, 15) is 18.4 Å². The van der Waals surface area contributed by atoms with Gasteiger partial charge in [-0.15, -0.1) is 11.8 Å². The first-order valence-electron chi connectivity index (χ1n) is 9.84. The van der Waals surface area contributed by atoms with Crippen LogP contribution in [0.25, 0.3) is 0 Å². The molecule has 0 fully saturated rings. The Labute approximate surface area is 184 Å². The fourth-order valence-electron chi connectivity index (χ4n) is 3.48. The number of rotatable bonds is 11. The summed E-state index contributed by atoms with van der Waals surface area (Å²) in [5, 5.41) is 0. The van der Waals surface area contributed by atoms with Crippen LogP contribution in [-0.4, -0.2) is 42.4 Å². The van der Waals surface area contributed by atoms with Crippen molar-refractivity contribution < 1.29 is 32.6 Å². The Morgan fingerprint density at radius 3 is 2.35 bits per heavy atom. The molecule has 0 saturated carbocycles. The van der Waals surface area contributed by atoms with E-state index in [2.05, 4.69) is 4.74 Å². The van der Waals surface area contributed by atoms with Crippen LogP contribution in [0.5, 0.6) is 11.5 Å². The van der Waals surface area contributed by atoms with Gasteiger partial charge in [-0.05, 0) is 45.4 Å². The predicted octanol–water partition coefficient (Wildman–Crippen LogP) is 5.03. The van der Waals surface area contributed by atoms with Crippen molar-refractivity contribution in [3.8, 4) is 11.5 Å². The number of hydrogen-bond donors (Lipinski definition) is 0. The molecule has 1 aromatic heterocycles. The highest BCUT2D eigenvalue weighted by Crippen LogP contribution is 2.31. The maximum atomic E-state index is 13.0. The lowest BCUT2D eigenvalue weighted by Crippen LogP contribution is -2.13.